The first-order valence-electron chi connectivity index (χ1n) is 4.35. The molecule has 1 heterocycles. The van der Waals surface area contributed by atoms with E-state index < -0.39 is 5.82 Å². The lowest BCUT2D eigenvalue weighted by Gasteiger charge is -2.03. The third kappa shape index (κ3) is 1.88. The number of hydrogen-bond acceptors (Lipinski definition) is 2. The van der Waals surface area contributed by atoms with E-state index in [0.29, 0.717) is 5.69 Å². The molecule has 1 aromatic heterocycles. The average molecular weight is 205 g/mol. The molecule has 0 saturated carbocycles. The quantitative estimate of drug-likeness (QED) is 0.746. The molecule has 0 aliphatic heterocycles. The zero-order chi connectivity index (χ0) is 10.8. The molecule has 76 valence electrons. The largest absolute Gasteiger partial charge is 0.507 e. The normalized spacial score (nSPS) is 10.2. The zero-order valence-electron chi connectivity index (χ0n) is 7.70. The van der Waals surface area contributed by atoms with Crippen LogP contribution in [0.4, 0.5) is 4.39 Å². The summed E-state index contributed by atoms with van der Waals surface area (Å²) in [7, 11) is 0. The van der Waals surface area contributed by atoms with Crippen molar-refractivity contribution in [3.63, 3.8) is 0 Å². The molecule has 4 heteroatoms. The standard InChI is InChI=1S/C11H8FNO2/c12-7-4-5-10(14)8(6-7)9-2-1-3-11(15)13-9/h1-6,14H,(H,13,15). The van der Waals surface area contributed by atoms with Gasteiger partial charge in [-0.2, -0.15) is 0 Å². The second-order valence-corrected chi connectivity index (χ2v) is 3.09. The highest BCUT2D eigenvalue weighted by molar-refractivity contribution is 5.66. The van der Waals surface area contributed by atoms with Gasteiger partial charge in [-0.3, -0.25) is 4.79 Å². The fourth-order valence-electron chi connectivity index (χ4n) is 1.33. The van der Waals surface area contributed by atoms with Crippen LogP contribution in [0.25, 0.3) is 11.3 Å². The van der Waals surface area contributed by atoms with Crippen molar-refractivity contribution in [2.45, 2.75) is 0 Å². The molecule has 0 amide bonds. The molecule has 0 radical (unpaired) electrons. The Bertz CT molecular complexity index is 548. The summed E-state index contributed by atoms with van der Waals surface area (Å²) >= 11 is 0. The van der Waals surface area contributed by atoms with Crippen LogP contribution in [0.15, 0.2) is 41.2 Å². The van der Waals surface area contributed by atoms with E-state index in [1.807, 2.05) is 0 Å². The summed E-state index contributed by atoms with van der Waals surface area (Å²) in [4.78, 5) is 13.5. The second kappa shape index (κ2) is 3.57. The number of H-pyrrole nitrogens is 1. The fourth-order valence-corrected chi connectivity index (χ4v) is 1.33. The number of aromatic hydroxyl groups is 1. The number of aromatic nitrogens is 1. The molecule has 3 nitrogen and oxygen atoms in total. The third-order valence-corrected chi connectivity index (χ3v) is 2.02. The Labute approximate surface area is 84.8 Å². The van der Waals surface area contributed by atoms with E-state index in [9.17, 15) is 14.3 Å². The molecule has 0 saturated heterocycles. The number of pyridine rings is 1. The fraction of sp³-hybridized carbons (Fsp3) is 0. The summed E-state index contributed by atoms with van der Waals surface area (Å²) < 4.78 is 12.9. The van der Waals surface area contributed by atoms with Crippen LogP contribution in [0.3, 0.4) is 0 Å². The summed E-state index contributed by atoms with van der Waals surface area (Å²) in [6.45, 7) is 0. The maximum Gasteiger partial charge on any atom is 0.248 e. The monoisotopic (exact) mass is 205 g/mol. The SMILES string of the molecule is O=c1cccc(-c2cc(F)ccc2O)[nH]1. The van der Waals surface area contributed by atoms with Crippen molar-refractivity contribution < 1.29 is 9.50 Å². The number of phenolic OH excluding ortho intramolecular Hbond substituents is 1. The first kappa shape index (κ1) is 9.45. The molecule has 0 bridgehead atoms. The van der Waals surface area contributed by atoms with Crippen LogP contribution in [0, 0.1) is 5.82 Å². The first-order chi connectivity index (χ1) is 7.16. The Morgan fingerprint density at radius 3 is 2.73 bits per heavy atom. The van der Waals surface area contributed by atoms with Gasteiger partial charge in [0.25, 0.3) is 0 Å². The van der Waals surface area contributed by atoms with Crippen LogP contribution in [0.2, 0.25) is 0 Å². The molecule has 1 aromatic carbocycles. The van der Waals surface area contributed by atoms with Gasteiger partial charge in [-0.25, -0.2) is 4.39 Å². The van der Waals surface area contributed by atoms with Crippen molar-refractivity contribution in [2.24, 2.45) is 0 Å². The van der Waals surface area contributed by atoms with Gasteiger partial charge in [0.05, 0.1) is 5.69 Å². The Morgan fingerprint density at radius 1 is 1.20 bits per heavy atom. The minimum Gasteiger partial charge on any atom is -0.507 e. The van der Waals surface area contributed by atoms with E-state index >= 15 is 0 Å². The van der Waals surface area contributed by atoms with Gasteiger partial charge in [0.15, 0.2) is 0 Å². The van der Waals surface area contributed by atoms with Crippen LogP contribution >= 0.6 is 0 Å². The molecule has 0 atom stereocenters. The lowest BCUT2D eigenvalue weighted by molar-refractivity contribution is 0.475. The molecule has 15 heavy (non-hydrogen) atoms. The highest BCUT2D eigenvalue weighted by Crippen LogP contribution is 2.27. The average Bonchev–Trinajstić information content (AvgIpc) is 2.22. The minimum absolute atomic E-state index is 0.0711. The van der Waals surface area contributed by atoms with Crippen LogP contribution < -0.4 is 5.56 Å². The molecular formula is C11H8FNO2. The van der Waals surface area contributed by atoms with Crippen molar-refractivity contribution in [3.8, 4) is 17.0 Å². The summed E-state index contributed by atoms with van der Waals surface area (Å²) in [5, 5.41) is 9.49. The van der Waals surface area contributed by atoms with Gasteiger partial charge < -0.3 is 10.1 Å². The summed E-state index contributed by atoms with van der Waals surface area (Å²) in [5.41, 5.74) is 0.364. The molecule has 0 unspecified atom stereocenters. The lowest BCUT2D eigenvalue weighted by atomic mass is 10.1. The van der Waals surface area contributed by atoms with Gasteiger partial charge in [-0.05, 0) is 24.3 Å². The van der Waals surface area contributed by atoms with E-state index in [1.165, 1.54) is 18.2 Å². The maximum absolute atomic E-state index is 12.9. The molecule has 0 fully saturated rings. The van der Waals surface area contributed by atoms with E-state index in [1.54, 1.807) is 12.1 Å². The predicted octanol–water partition coefficient (Wildman–Crippen LogP) is 1.89. The van der Waals surface area contributed by atoms with Gasteiger partial charge in [0, 0.05) is 11.6 Å². The summed E-state index contributed by atoms with van der Waals surface area (Å²) in [6.07, 6.45) is 0. The number of halogens is 1. The van der Waals surface area contributed by atoms with E-state index in [2.05, 4.69) is 4.98 Å². The molecule has 0 aliphatic rings. The zero-order valence-corrected chi connectivity index (χ0v) is 7.70. The molecule has 0 aliphatic carbocycles. The van der Waals surface area contributed by atoms with Crippen LogP contribution in [0.1, 0.15) is 0 Å². The molecular weight excluding hydrogens is 197 g/mol. The number of rotatable bonds is 1. The highest BCUT2D eigenvalue weighted by atomic mass is 19.1. The first-order valence-corrected chi connectivity index (χ1v) is 4.35. The number of phenols is 1. The van der Waals surface area contributed by atoms with Crippen molar-refractivity contribution in [3.05, 3.63) is 52.6 Å². The molecule has 2 aromatic rings. The number of aromatic amines is 1. The van der Waals surface area contributed by atoms with Gasteiger partial charge in [-0.1, -0.05) is 6.07 Å². The molecule has 2 rings (SSSR count). The van der Waals surface area contributed by atoms with Crippen molar-refractivity contribution in [2.75, 3.05) is 0 Å². The maximum atomic E-state index is 12.9. The second-order valence-electron chi connectivity index (χ2n) is 3.09. The Balaban J connectivity index is 2.63. The Kier molecular flexibility index (Phi) is 2.25. The Morgan fingerprint density at radius 2 is 2.00 bits per heavy atom. The molecule has 2 N–H and O–H groups in total. The number of hydrogen-bond donors (Lipinski definition) is 2. The van der Waals surface area contributed by atoms with Crippen molar-refractivity contribution >= 4 is 0 Å². The lowest BCUT2D eigenvalue weighted by Crippen LogP contribution is -2.03. The van der Waals surface area contributed by atoms with Crippen molar-refractivity contribution in [1.29, 1.82) is 0 Å². The van der Waals surface area contributed by atoms with Gasteiger partial charge >= 0.3 is 0 Å². The highest BCUT2D eigenvalue weighted by Gasteiger charge is 2.05. The van der Waals surface area contributed by atoms with Crippen LogP contribution in [0.5, 0.6) is 5.75 Å². The topological polar surface area (TPSA) is 53.1 Å². The minimum atomic E-state index is -0.465. The smallest absolute Gasteiger partial charge is 0.248 e. The number of benzene rings is 1. The van der Waals surface area contributed by atoms with Crippen LogP contribution in [-0.2, 0) is 0 Å². The Hall–Kier alpha value is -2.10. The van der Waals surface area contributed by atoms with Crippen LogP contribution in [-0.4, -0.2) is 10.1 Å². The van der Waals surface area contributed by atoms with Crippen molar-refractivity contribution in [1.82, 2.24) is 4.98 Å². The molecule has 0 spiro atoms. The van der Waals surface area contributed by atoms with E-state index in [4.69, 9.17) is 0 Å². The number of nitrogens with one attached hydrogen (secondary N) is 1. The summed E-state index contributed by atoms with van der Waals surface area (Å²) in [5.74, 6) is -0.536. The van der Waals surface area contributed by atoms with Gasteiger partial charge in [0.1, 0.15) is 11.6 Å². The van der Waals surface area contributed by atoms with Gasteiger partial charge in [0.2, 0.25) is 5.56 Å². The van der Waals surface area contributed by atoms with E-state index in [0.717, 1.165) is 6.07 Å². The van der Waals surface area contributed by atoms with Gasteiger partial charge in [-0.15, -0.1) is 0 Å². The van der Waals surface area contributed by atoms with E-state index in [-0.39, 0.29) is 16.9 Å². The predicted molar refractivity (Wildman–Crippen MR) is 54.1 cm³/mol. The summed E-state index contributed by atoms with van der Waals surface area (Å²) in [6, 6.07) is 8.05. The third-order valence-electron chi connectivity index (χ3n) is 2.02.